The summed E-state index contributed by atoms with van der Waals surface area (Å²) in [6, 6.07) is 11.7. The number of methoxy groups -OCH3 is 1. The number of nitro benzene ring substituents is 1. The van der Waals surface area contributed by atoms with E-state index in [0.717, 1.165) is 69.8 Å². The Morgan fingerprint density at radius 1 is 0.857 bits per heavy atom. The van der Waals surface area contributed by atoms with Crippen LogP contribution < -0.4 is 9.47 Å². The number of amides is 2. The molecule has 0 aromatic heterocycles. The van der Waals surface area contributed by atoms with Gasteiger partial charge < -0.3 is 29.1 Å². The molecule has 13 nitrogen and oxygen atoms in total. The van der Waals surface area contributed by atoms with Gasteiger partial charge in [0.25, 0.3) is 5.69 Å². The molecular formula is C57H77N3O10. The number of piperazine rings is 1. The number of aliphatic carboxylic acids is 1. The zero-order valence-corrected chi connectivity index (χ0v) is 43.1. The summed E-state index contributed by atoms with van der Waals surface area (Å²) in [7, 11) is 1.54. The number of fused-ring (bicyclic) bond motifs is 7. The highest BCUT2D eigenvalue weighted by atomic mass is 16.6. The number of nitrogens with zero attached hydrogens (tertiary/aromatic N) is 3. The van der Waals surface area contributed by atoms with Crippen LogP contribution in [-0.4, -0.2) is 83.0 Å². The van der Waals surface area contributed by atoms with Crippen LogP contribution in [0.25, 0.3) is 6.08 Å². The molecule has 380 valence electrons. The van der Waals surface area contributed by atoms with E-state index in [1.807, 2.05) is 11.0 Å². The molecule has 5 aliphatic carbocycles. The third-order valence-corrected chi connectivity index (χ3v) is 19.9. The molecule has 6 fully saturated rings. The van der Waals surface area contributed by atoms with Crippen LogP contribution in [0.1, 0.15) is 137 Å². The molecule has 1 heterocycles. The van der Waals surface area contributed by atoms with Gasteiger partial charge in [-0.2, -0.15) is 0 Å². The summed E-state index contributed by atoms with van der Waals surface area (Å²) in [6.07, 6.45) is 12.7. The minimum atomic E-state index is -1.18. The van der Waals surface area contributed by atoms with Gasteiger partial charge in [0.15, 0.2) is 11.5 Å². The average Bonchev–Trinajstić information content (AvgIpc) is 3.72. The maximum absolute atomic E-state index is 15.3. The Kier molecular flexibility index (Phi) is 13.7. The van der Waals surface area contributed by atoms with E-state index in [1.165, 1.54) is 24.8 Å². The zero-order valence-electron chi connectivity index (χ0n) is 43.1. The number of carbonyl (C=O) groups is 4. The summed E-state index contributed by atoms with van der Waals surface area (Å²) in [4.78, 5) is 68.6. The van der Waals surface area contributed by atoms with Crippen LogP contribution in [-0.2, 0) is 30.5 Å². The van der Waals surface area contributed by atoms with Crippen molar-refractivity contribution < 1.29 is 43.4 Å². The highest BCUT2D eigenvalue weighted by molar-refractivity contribution is 5.92. The van der Waals surface area contributed by atoms with Crippen LogP contribution in [0.15, 0.2) is 60.7 Å². The first-order valence-electron chi connectivity index (χ1n) is 25.8. The van der Waals surface area contributed by atoms with E-state index in [-0.39, 0.29) is 70.1 Å². The van der Waals surface area contributed by atoms with Crippen molar-refractivity contribution in [1.82, 2.24) is 9.80 Å². The first-order chi connectivity index (χ1) is 32.9. The van der Waals surface area contributed by atoms with Crippen molar-refractivity contribution in [1.29, 1.82) is 0 Å². The molecule has 6 aliphatic rings. The smallest absolute Gasteiger partial charge is 0.309 e. The van der Waals surface area contributed by atoms with Crippen molar-refractivity contribution in [2.45, 2.75) is 139 Å². The van der Waals surface area contributed by atoms with E-state index in [9.17, 15) is 29.6 Å². The van der Waals surface area contributed by atoms with Crippen LogP contribution in [0.5, 0.6) is 11.5 Å². The van der Waals surface area contributed by atoms with E-state index >= 15 is 4.79 Å². The molecule has 2 aromatic carbocycles. The Bertz CT molecular complexity index is 2440. The summed E-state index contributed by atoms with van der Waals surface area (Å²) in [5, 5.41) is 20.9. The molecule has 0 radical (unpaired) electrons. The predicted octanol–water partition coefficient (Wildman–Crippen LogP) is 10.9. The van der Waals surface area contributed by atoms with E-state index < -0.39 is 27.7 Å². The van der Waals surface area contributed by atoms with Crippen LogP contribution in [0.2, 0.25) is 0 Å². The Labute approximate surface area is 414 Å². The van der Waals surface area contributed by atoms with Gasteiger partial charge in [0.05, 0.1) is 29.3 Å². The largest absolute Gasteiger partial charge is 0.493 e. The minimum absolute atomic E-state index is 0.00463. The van der Waals surface area contributed by atoms with E-state index in [4.69, 9.17) is 14.2 Å². The number of non-ortho nitro benzene ring substituents is 1. The first-order valence-corrected chi connectivity index (χ1v) is 25.8. The maximum Gasteiger partial charge on any atom is 0.309 e. The molecule has 8 rings (SSSR count). The summed E-state index contributed by atoms with van der Waals surface area (Å²) >= 11 is 0. The topological polar surface area (TPSA) is 166 Å². The summed E-state index contributed by atoms with van der Waals surface area (Å²) in [6.45, 7) is 24.2. The van der Waals surface area contributed by atoms with Gasteiger partial charge in [0, 0.05) is 49.8 Å². The second-order valence-electron chi connectivity index (χ2n) is 24.1. The second kappa shape index (κ2) is 18.8. The third kappa shape index (κ3) is 8.73. The van der Waals surface area contributed by atoms with Gasteiger partial charge in [0.1, 0.15) is 12.7 Å². The Balaban J connectivity index is 0.923. The van der Waals surface area contributed by atoms with Crippen LogP contribution in [0, 0.1) is 72.2 Å². The summed E-state index contributed by atoms with van der Waals surface area (Å²) in [5.74, 6) is 1.43. The van der Waals surface area contributed by atoms with Gasteiger partial charge in [-0.3, -0.25) is 29.3 Å². The summed E-state index contributed by atoms with van der Waals surface area (Å²) in [5.41, 5.74) is 0.864. The molecular weight excluding hydrogens is 887 g/mol. The second-order valence-corrected chi connectivity index (χ2v) is 24.1. The van der Waals surface area contributed by atoms with Gasteiger partial charge in [-0.05, 0) is 160 Å². The number of benzene rings is 2. The maximum atomic E-state index is 15.3. The molecule has 1 saturated heterocycles. The van der Waals surface area contributed by atoms with E-state index in [2.05, 4.69) is 53.0 Å². The summed E-state index contributed by atoms with van der Waals surface area (Å²) < 4.78 is 17.7. The number of rotatable bonds is 13. The van der Waals surface area contributed by atoms with E-state index in [0.29, 0.717) is 61.0 Å². The van der Waals surface area contributed by atoms with Crippen molar-refractivity contribution in [3.8, 4) is 11.5 Å². The number of ether oxygens (including phenoxy) is 3. The fourth-order valence-electron chi connectivity index (χ4n) is 15.9. The number of allylic oxidation sites excluding steroid dienone is 1. The fraction of sp³-hybridized carbons (Fsp3) is 0.649. The minimum Gasteiger partial charge on any atom is -0.493 e. The molecule has 0 unspecified atom stereocenters. The molecule has 2 amide bonds. The number of carboxylic acid groups (broad SMARTS) is 1. The molecule has 13 heteroatoms. The van der Waals surface area contributed by atoms with Crippen molar-refractivity contribution in [2.75, 3.05) is 33.3 Å². The SMILES string of the molecule is C=C(C)[C@@H]1CC[C@]2(C(=O)N3CCN(C(=O)/C=C/c4ccc(OCc5cccc([N+](=O)[O-])c5)c(OC)c4)CC3)CC[C@]3(C)[C@H](CC[C@@H]4[C@@]5(C)CC[C@H](OC(=O)CC(C)(C)C(=O)O)C(C)(C)[C@@H]5CC[C@]43C)[C@@H]12. The Hall–Kier alpha value is -5.20. The van der Waals surface area contributed by atoms with Gasteiger partial charge in [0.2, 0.25) is 11.8 Å². The van der Waals surface area contributed by atoms with Crippen molar-refractivity contribution in [3.05, 3.63) is 81.9 Å². The van der Waals surface area contributed by atoms with Gasteiger partial charge in [-0.1, -0.05) is 65.0 Å². The van der Waals surface area contributed by atoms with Gasteiger partial charge in [-0.25, -0.2) is 0 Å². The lowest BCUT2D eigenvalue weighted by molar-refractivity contribution is -0.384. The molecule has 2 aromatic rings. The highest BCUT2D eigenvalue weighted by Gasteiger charge is 2.72. The molecule has 1 N–H and O–H groups in total. The lowest BCUT2D eigenvalue weighted by atomic mass is 9.32. The van der Waals surface area contributed by atoms with Crippen LogP contribution in [0.4, 0.5) is 5.69 Å². The lowest BCUT2D eigenvalue weighted by Gasteiger charge is -2.73. The normalized spacial score (nSPS) is 33.5. The van der Waals surface area contributed by atoms with Crippen LogP contribution >= 0.6 is 0 Å². The average molecular weight is 964 g/mol. The third-order valence-electron chi connectivity index (χ3n) is 19.9. The van der Waals surface area contributed by atoms with Crippen molar-refractivity contribution in [3.63, 3.8) is 0 Å². The number of carboxylic acids is 1. The molecule has 70 heavy (non-hydrogen) atoms. The zero-order chi connectivity index (χ0) is 50.8. The quantitative estimate of drug-likeness (QED) is 0.0671. The highest BCUT2D eigenvalue weighted by Crippen LogP contribution is 2.78. The number of hydrogen-bond donors (Lipinski definition) is 1. The van der Waals surface area contributed by atoms with Gasteiger partial charge >= 0.3 is 11.9 Å². The van der Waals surface area contributed by atoms with Crippen LogP contribution in [0.3, 0.4) is 0 Å². The van der Waals surface area contributed by atoms with E-state index in [1.54, 1.807) is 50.3 Å². The first kappa shape index (κ1) is 51.2. The molecule has 5 saturated carbocycles. The monoisotopic (exact) mass is 964 g/mol. The molecule has 0 spiro atoms. The molecule has 1 aliphatic heterocycles. The number of hydrogen-bond acceptors (Lipinski definition) is 9. The van der Waals surface area contributed by atoms with Crippen molar-refractivity contribution in [2.24, 2.45) is 62.1 Å². The molecule has 10 atom stereocenters. The fourth-order valence-corrected chi connectivity index (χ4v) is 15.9. The Morgan fingerprint density at radius 3 is 2.24 bits per heavy atom. The molecule has 0 bridgehead atoms. The van der Waals surface area contributed by atoms with Gasteiger partial charge in [-0.15, -0.1) is 0 Å². The Morgan fingerprint density at radius 2 is 1.57 bits per heavy atom. The number of nitro groups is 1. The lowest BCUT2D eigenvalue weighted by Crippen LogP contribution is -2.68. The standard InChI is InChI=1S/C57H77N3O10/c1-36(2)40-20-25-57(50(63)59-30-28-58(29-31-59)47(61)19-15-37-14-17-42(43(33-37)68-10)69-35-38-12-11-13-39(32-38)60(66)67)27-26-55(8)41(49(40)57)16-18-45-54(7)23-22-46(70-48(62)34-52(3,4)51(64)65)53(5,6)44(54)21-24-56(45,55)9/h11-15,17,19,32-33,40-41,44-46,49H,1,16,18,20-31,34-35H2,2-10H3,(H,64,65)/b19-15+/t40-,41+,44-,45+,46-,49+,54-,55+,56+,57-/m0/s1. The number of carbonyl (C=O) groups excluding carboxylic acids is 3. The number of esters is 1. The predicted molar refractivity (Wildman–Crippen MR) is 267 cm³/mol. The van der Waals surface area contributed by atoms with Crippen molar-refractivity contribution >= 4 is 35.5 Å².